The molecule has 0 aliphatic heterocycles. The normalized spacial score (nSPS) is 12.4. The highest BCUT2D eigenvalue weighted by Crippen LogP contribution is 2.30. The van der Waals surface area contributed by atoms with Gasteiger partial charge in [0.1, 0.15) is 0 Å². The molecular formula is C16H18ClN. The molecule has 1 aromatic carbocycles. The van der Waals surface area contributed by atoms with Crippen LogP contribution in [0.1, 0.15) is 33.3 Å². The molecule has 1 nitrogen and oxygen atoms in total. The monoisotopic (exact) mass is 259 g/mol. The molecule has 0 saturated heterocycles. The molecule has 2 rings (SSSR count). The lowest BCUT2D eigenvalue weighted by Crippen LogP contribution is -2.03. The van der Waals surface area contributed by atoms with E-state index in [0.29, 0.717) is 0 Å². The Hall–Kier alpha value is -1.34. The third-order valence-electron chi connectivity index (χ3n) is 3.17. The molecule has 18 heavy (non-hydrogen) atoms. The lowest BCUT2D eigenvalue weighted by atomic mass is 9.95. The van der Waals surface area contributed by atoms with E-state index >= 15 is 0 Å². The fourth-order valence-corrected chi connectivity index (χ4v) is 2.99. The van der Waals surface area contributed by atoms with Crippen LogP contribution in [0.3, 0.4) is 0 Å². The number of rotatable bonds is 3. The number of aryl methyl sites for hydroxylation is 3. The zero-order valence-corrected chi connectivity index (χ0v) is 11.8. The van der Waals surface area contributed by atoms with Crippen molar-refractivity contribution in [3.63, 3.8) is 0 Å². The summed E-state index contributed by atoms with van der Waals surface area (Å²) in [6.07, 6.45) is 2.58. The first-order chi connectivity index (χ1) is 8.58. The molecular weight excluding hydrogens is 242 g/mol. The van der Waals surface area contributed by atoms with Gasteiger partial charge in [0.05, 0.1) is 5.38 Å². The SMILES string of the molecule is Cc1cc(C)c(C(Cl)Cc2ccccn2)c(C)c1. The number of benzene rings is 1. The molecule has 2 heteroatoms. The first-order valence-electron chi connectivity index (χ1n) is 6.19. The second-order valence-electron chi connectivity index (χ2n) is 4.81. The summed E-state index contributed by atoms with van der Waals surface area (Å²) in [6.45, 7) is 6.37. The van der Waals surface area contributed by atoms with Gasteiger partial charge in [0.25, 0.3) is 0 Å². The van der Waals surface area contributed by atoms with Gasteiger partial charge in [-0.15, -0.1) is 11.6 Å². The number of alkyl halides is 1. The summed E-state index contributed by atoms with van der Waals surface area (Å²) < 4.78 is 0. The third kappa shape index (κ3) is 2.91. The Kier molecular flexibility index (Phi) is 4.03. The van der Waals surface area contributed by atoms with E-state index in [4.69, 9.17) is 11.6 Å². The van der Waals surface area contributed by atoms with Crippen molar-refractivity contribution in [3.05, 3.63) is 64.5 Å². The Morgan fingerprint density at radius 3 is 2.33 bits per heavy atom. The van der Waals surface area contributed by atoms with Gasteiger partial charge in [-0.2, -0.15) is 0 Å². The van der Waals surface area contributed by atoms with Crippen LogP contribution in [-0.4, -0.2) is 4.98 Å². The number of halogens is 1. The van der Waals surface area contributed by atoms with Crippen molar-refractivity contribution >= 4 is 11.6 Å². The fraction of sp³-hybridized carbons (Fsp3) is 0.312. The van der Waals surface area contributed by atoms with Gasteiger partial charge in [-0.25, -0.2) is 0 Å². The van der Waals surface area contributed by atoms with Crippen molar-refractivity contribution in [2.75, 3.05) is 0 Å². The van der Waals surface area contributed by atoms with Crippen LogP contribution in [0.4, 0.5) is 0 Å². The minimum Gasteiger partial charge on any atom is -0.261 e. The van der Waals surface area contributed by atoms with E-state index in [1.165, 1.54) is 22.3 Å². The molecule has 0 saturated carbocycles. The van der Waals surface area contributed by atoms with E-state index < -0.39 is 0 Å². The van der Waals surface area contributed by atoms with Crippen molar-refractivity contribution in [2.24, 2.45) is 0 Å². The second kappa shape index (κ2) is 5.53. The first kappa shape index (κ1) is 13.1. The van der Waals surface area contributed by atoms with E-state index in [2.05, 4.69) is 37.9 Å². The molecule has 0 aliphatic rings. The van der Waals surface area contributed by atoms with E-state index in [9.17, 15) is 0 Å². The van der Waals surface area contributed by atoms with Gasteiger partial charge in [-0.3, -0.25) is 4.98 Å². The molecule has 0 radical (unpaired) electrons. The quantitative estimate of drug-likeness (QED) is 0.738. The van der Waals surface area contributed by atoms with Crippen molar-refractivity contribution in [2.45, 2.75) is 32.6 Å². The molecule has 0 bridgehead atoms. The molecule has 1 heterocycles. The summed E-state index contributed by atoms with van der Waals surface area (Å²) in [4.78, 5) is 4.34. The minimum absolute atomic E-state index is 0.0134. The number of pyridine rings is 1. The Labute approximate surface area is 114 Å². The fourth-order valence-electron chi connectivity index (χ4n) is 2.49. The highest BCUT2D eigenvalue weighted by atomic mass is 35.5. The summed E-state index contributed by atoms with van der Waals surface area (Å²) in [7, 11) is 0. The summed E-state index contributed by atoms with van der Waals surface area (Å²) in [6, 6.07) is 10.3. The summed E-state index contributed by atoms with van der Waals surface area (Å²) >= 11 is 6.56. The van der Waals surface area contributed by atoms with Gasteiger partial charge in [-0.1, -0.05) is 23.8 Å². The van der Waals surface area contributed by atoms with Gasteiger partial charge in [0.2, 0.25) is 0 Å². The van der Waals surface area contributed by atoms with Gasteiger partial charge < -0.3 is 0 Å². The summed E-state index contributed by atoms with van der Waals surface area (Å²) in [5, 5.41) is -0.0134. The van der Waals surface area contributed by atoms with E-state index in [-0.39, 0.29) is 5.38 Å². The molecule has 94 valence electrons. The van der Waals surface area contributed by atoms with Crippen LogP contribution in [0.25, 0.3) is 0 Å². The van der Waals surface area contributed by atoms with Crippen molar-refractivity contribution in [1.29, 1.82) is 0 Å². The van der Waals surface area contributed by atoms with Gasteiger partial charge in [0.15, 0.2) is 0 Å². The topological polar surface area (TPSA) is 12.9 Å². The smallest absolute Gasteiger partial charge is 0.0645 e. The number of nitrogens with zero attached hydrogens (tertiary/aromatic N) is 1. The highest BCUT2D eigenvalue weighted by molar-refractivity contribution is 6.21. The summed E-state index contributed by atoms with van der Waals surface area (Å²) in [5.74, 6) is 0. The van der Waals surface area contributed by atoms with Crippen molar-refractivity contribution in [1.82, 2.24) is 4.98 Å². The van der Waals surface area contributed by atoms with Crippen LogP contribution in [0.15, 0.2) is 36.5 Å². The molecule has 0 amide bonds. The number of hydrogen-bond donors (Lipinski definition) is 0. The Morgan fingerprint density at radius 2 is 1.78 bits per heavy atom. The zero-order chi connectivity index (χ0) is 13.1. The maximum Gasteiger partial charge on any atom is 0.0645 e. The molecule has 1 atom stereocenters. The largest absolute Gasteiger partial charge is 0.261 e. The van der Waals surface area contributed by atoms with Crippen LogP contribution in [0, 0.1) is 20.8 Å². The van der Waals surface area contributed by atoms with Crippen LogP contribution in [-0.2, 0) is 6.42 Å². The first-order valence-corrected chi connectivity index (χ1v) is 6.63. The Morgan fingerprint density at radius 1 is 1.11 bits per heavy atom. The van der Waals surface area contributed by atoms with Crippen LogP contribution in [0.2, 0.25) is 0 Å². The average Bonchev–Trinajstić information content (AvgIpc) is 2.28. The number of hydrogen-bond acceptors (Lipinski definition) is 1. The zero-order valence-electron chi connectivity index (χ0n) is 11.1. The predicted octanol–water partition coefficient (Wildman–Crippen LogP) is 4.53. The summed E-state index contributed by atoms with van der Waals surface area (Å²) in [5.41, 5.74) is 6.10. The highest BCUT2D eigenvalue weighted by Gasteiger charge is 2.15. The maximum absolute atomic E-state index is 6.56. The van der Waals surface area contributed by atoms with Crippen molar-refractivity contribution < 1.29 is 0 Å². The van der Waals surface area contributed by atoms with E-state index in [0.717, 1.165) is 12.1 Å². The van der Waals surface area contributed by atoms with Gasteiger partial charge >= 0.3 is 0 Å². The van der Waals surface area contributed by atoms with E-state index in [1.807, 2.05) is 24.4 Å². The average molecular weight is 260 g/mol. The lowest BCUT2D eigenvalue weighted by molar-refractivity contribution is 0.865. The van der Waals surface area contributed by atoms with Crippen LogP contribution in [0.5, 0.6) is 0 Å². The van der Waals surface area contributed by atoms with Crippen LogP contribution >= 0.6 is 11.6 Å². The van der Waals surface area contributed by atoms with Crippen LogP contribution < -0.4 is 0 Å². The minimum atomic E-state index is -0.0134. The van der Waals surface area contributed by atoms with Gasteiger partial charge in [-0.05, 0) is 49.6 Å². The van der Waals surface area contributed by atoms with E-state index in [1.54, 1.807) is 0 Å². The molecule has 2 aromatic rings. The second-order valence-corrected chi connectivity index (χ2v) is 5.33. The molecule has 1 aromatic heterocycles. The third-order valence-corrected chi connectivity index (χ3v) is 3.54. The molecule has 0 spiro atoms. The standard InChI is InChI=1S/C16H18ClN/c1-11-8-12(2)16(13(3)9-11)15(17)10-14-6-4-5-7-18-14/h4-9,15H,10H2,1-3H3. The molecule has 0 fully saturated rings. The number of aromatic nitrogens is 1. The lowest BCUT2D eigenvalue weighted by Gasteiger charge is -2.16. The maximum atomic E-state index is 6.56. The predicted molar refractivity (Wildman–Crippen MR) is 77.2 cm³/mol. The molecule has 0 N–H and O–H groups in total. The van der Waals surface area contributed by atoms with Gasteiger partial charge in [0, 0.05) is 18.3 Å². The molecule has 0 aliphatic carbocycles. The van der Waals surface area contributed by atoms with Crippen molar-refractivity contribution in [3.8, 4) is 0 Å². The Balaban J connectivity index is 2.27. The Bertz CT molecular complexity index is 511. The molecule has 1 unspecified atom stereocenters.